The van der Waals surface area contributed by atoms with Gasteiger partial charge in [0.1, 0.15) is 5.76 Å². The minimum Gasteiger partial charge on any atom is -0.493 e. The minimum absolute atomic E-state index is 0.0325. The topological polar surface area (TPSA) is 46.5 Å². The van der Waals surface area contributed by atoms with Crippen LogP contribution in [-0.4, -0.2) is 17.7 Å². The van der Waals surface area contributed by atoms with Crippen molar-refractivity contribution in [1.82, 2.24) is 0 Å². The van der Waals surface area contributed by atoms with Crippen LogP contribution in [-0.2, 0) is 9.53 Å². The third-order valence-corrected chi connectivity index (χ3v) is 2.07. The van der Waals surface area contributed by atoms with E-state index >= 15 is 0 Å². The number of rotatable bonds is 6. The summed E-state index contributed by atoms with van der Waals surface area (Å²) >= 11 is 0. The quantitative estimate of drug-likeness (QED) is 0.747. The van der Waals surface area contributed by atoms with Gasteiger partial charge in [-0.15, -0.1) is 0 Å². The SMILES string of the molecule is C=Cc1ccccc1C(=C)OCCC(=O)O. The Balaban J connectivity index is 2.65. The predicted octanol–water partition coefficient (Wildman–Crippen LogP) is 2.79. The molecular weight excluding hydrogens is 204 g/mol. The van der Waals surface area contributed by atoms with Gasteiger partial charge in [0.25, 0.3) is 0 Å². The zero-order valence-electron chi connectivity index (χ0n) is 8.98. The normalized spacial score (nSPS) is 9.50. The molecule has 0 aromatic heterocycles. The lowest BCUT2D eigenvalue weighted by atomic mass is 10.1. The minimum atomic E-state index is -0.884. The number of ether oxygens (including phenoxy) is 1. The Hall–Kier alpha value is -2.03. The van der Waals surface area contributed by atoms with E-state index in [0.29, 0.717) is 5.76 Å². The van der Waals surface area contributed by atoms with Crippen LogP contribution in [0.2, 0.25) is 0 Å². The van der Waals surface area contributed by atoms with Gasteiger partial charge in [-0.2, -0.15) is 0 Å². The first kappa shape index (κ1) is 12.0. The van der Waals surface area contributed by atoms with Gasteiger partial charge in [-0.25, -0.2) is 0 Å². The van der Waals surface area contributed by atoms with Crippen molar-refractivity contribution in [3.05, 3.63) is 48.6 Å². The Bertz CT molecular complexity index is 407. The number of hydrogen-bond acceptors (Lipinski definition) is 2. The van der Waals surface area contributed by atoms with Crippen molar-refractivity contribution >= 4 is 17.8 Å². The molecule has 1 aromatic rings. The fraction of sp³-hybridized carbons (Fsp3) is 0.154. The van der Waals surface area contributed by atoms with Gasteiger partial charge in [-0.05, 0) is 5.56 Å². The highest BCUT2D eigenvalue weighted by Crippen LogP contribution is 2.19. The van der Waals surface area contributed by atoms with Crippen LogP contribution in [0.5, 0.6) is 0 Å². The first-order valence-electron chi connectivity index (χ1n) is 4.90. The lowest BCUT2D eigenvalue weighted by Crippen LogP contribution is -2.02. The first-order chi connectivity index (χ1) is 7.65. The number of carboxylic acids is 1. The molecule has 0 heterocycles. The Kier molecular flexibility index (Phi) is 4.33. The maximum absolute atomic E-state index is 10.3. The summed E-state index contributed by atoms with van der Waals surface area (Å²) in [4.78, 5) is 10.3. The van der Waals surface area contributed by atoms with Crippen LogP contribution in [0.4, 0.5) is 0 Å². The van der Waals surface area contributed by atoms with Crippen molar-refractivity contribution in [2.45, 2.75) is 6.42 Å². The van der Waals surface area contributed by atoms with Crippen LogP contribution in [0.25, 0.3) is 11.8 Å². The molecule has 0 aliphatic rings. The predicted molar refractivity (Wildman–Crippen MR) is 63.8 cm³/mol. The van der Waals surface area contributed by atoms with Crippen molar-refractivity contribution in [1.29, 1.82) is 0 Å². The third-order valence-electron chi connectivity index (χ3n) is 2.07. The molecule has 0 aliphatic carbocycles. The zero-order chi connectivity index (χ0) is 12.0. The van der Waals surface area contributed by atoms with E-state index in [1.165, 1.54) is 0 Å². The monoisotopic (exact) mass is 218 g/mol. The Morgan fingerprint density at radius 3 is 2.75 bits per heavy atom. The number of carbonyl (C=O) groups is 1. The summed E-state index contributed by atoms with van der Waals surface area (Å²) in [6, 6.07) is 7.52. The van der Waals surface area contributed by atoms with E-state index in [1.54, 1.807) is 6.08 Å². The van der Waals surface area contributed by atoms with Crippen molar-refractivity contribution in [2.75, 3.05) is 6.61 Å². The van der Waals surface area contributed by atoms with Gasteiger partial charge in [0.2, 0.25) is 0 Å². The van der Waals surface area contributed by atoms with Crippen molar-refractivity contribution < 1.29 is 14.6 Å². The maximum atomic E-state index is 10.3. The summed E-state index contributed by atoms with van der Waals surface area (Å²) in [7, 11) is 0. The third kappa shape index (κ3) is 3.28. The highest BCUT2D eigenvalue weighted by Gasteiger charge is 2.05. The summed E-state index contributed by atoms with van der Waals surface area (Å²) in [5, 5.41) is 8.47. The second-order valence-electron chi connectivity index (χ2n) is 3.21. The highest BCUT2D eigenvalue weighted by atomic mass is 16.5. The summed E-state index contributed by atoms with van der Waals surface area (Å²) in [5.41, 5.74) is 1.76. The Labute approximate surface area is 94.7 Å². The van der Waals surface area contributed by atoms with Gasteiger partial charge >= 0.3 is 5.97 Å². The molecule has 0 amide bonds. The molecule has 16 heavy (non-hydrogen) atoms. The van der Waals surface area contributed by atoms with E-state index in [0.717, 1.165) is 11.1 Å². The average Bonchev–Trinajstić information content (AvgIpc) is 2.28. The van der Waals surface area contributed by atoms with E-state index in [4.69, 9.17) is 9.84 Å². The second-order valence-corrected chi connectivity index (χ2v) is 3.21. The van der Waals surface area contributed by atoms with E-state index in [2.05, 4.69) is 13.2 Å². The van der Waals surface area contributed by atoms with Crippen LogP contribution >= 0.6 is 0 Å². The van der Waals surface area contributed by atoms with Gasteiger partial charge in [-0.1, -0.05) is 43.5 Å². The van der Waals surface area contributed by atoms with Crippen LogP contribution in [0, 0.1) is 0 Å². The Morgan fingerprint density at radius 1 is 1.44 bits per heavy atom. The molecule has 0 saturated carbocycles. The summed E-state index contributed by atoms with van der Waals surface area (Å²) in [6.07, 6.45) is 1.68. The molecule has 3 heteroatoms. The molecule has 0 aliphatic heterocycles. The second kappa shape index (κ2) is 5.75. The van der Waals surface area contributed by atoms with Crippen molar-refractivity contribution in [2.24, 2.45) is 0 Å². The average molecular weight is 218 g/mol. The number of benzene rings is 1. The van der Waals surface area contributed by atoms with E-state index in [1.807, 2.05) is 24.3 Å². The fourth-order valence-electron chi connectivity index (χ4n) is 1.27. The summed E-state index contributed by atoms with van der Waals surface area (Å²) in [5.74, 6) is -0.415. The molecule has 3 nitrogen and oxygen atoms in total. The molecule has 0 atom stereocenters. The molecule has 1 N–H and O–H groups in total. The van der Waals surface area contributed by atoms with Crippen LogP contribution < -0.4 is 0 Å². The highest BCUT2D eigenvalue weighted by molar-refractivity contribution is 5.69. The van der Waals surface area contributed by atoms with Crippen molar-refractivity contribution in [3.63, 3.8) is 0 Å². The molecule has 1 rings (SSSR count). The van der Waals surface area contributed by atoms with Crippen molar-refractivity contribution in [3.8, 4) is 0 Å². The van der Waals surface area contributed by atoms with Gasteiger partial charge in [-0.3, -0.25) is 4.79 Å². The molecule has 0 unspecified atom stereocenters. The smallest absolute Gasteiger partial charge is 0.306 e. The maximum Gasteiger partial charge on any atom is 0.306 e. The number of hydrogen-bond donors (Lipinski definition) is 1. The van der Waals surface area contributed by atoms with Gasteiger partial charge in [0, 0.05) is 5.56 Å². The summed E-state index contributed by atoms with van der Waals surface area (Å²) < 4.78 is 5.26. The molecule has 0 bridgehead atoms. The molecule has 0 saturated heterocycles. The van der Waals surface area contributed by atoms with E-state index in [-0.39, 0.29) is 13.0 Å². The Morgan fingerprint density at radius 2 is 2.12 bits per heavy atom. The molecule has 0 radical (unpaired) electrons. The lowest BCUT2D eigenvalue weighted by molar-refractivity contribution is -0.137. The van der Waals surface area contributed by atoms with Crippen LogP contribution in [0.15, 0.2) is 37.4 Å². The first-order valence-corrected chi connectivity index (χ1v) is 4.90. The van der Waals surface area contributed by atoms with Crippen LogP contribution in [0.1, 0.15) is 17.5 Å². The summed E-state index contributed by atoms with van der Waals surface area (Å²) in [6.45, 7) is 7.58. The van der Waals surface area contributed by atoms with Gasteiger partial charge in [0.15, 0.2) is 0 Å². The molecule has 84 valence electrons. The lowest BCUT2D eigenvalue weighted by Gasteiger charge is -2.10. The largest absolute Gasteiger partial charge is 0.493 e. The van der Waals surface area contributed by atoms with Gasteiger partial charge < -0.3 is 9.84 Å². The fourth-order valence-corrected chi connectivity index (χ4v) is 1.27. The molecule has 0 spiro atoms. The zero-order valence-corrected chi connectivity index (χ0v) is 8.98. The number of carboxylic acid groups (broad SMARTS) is 1. The number of aliphatic carboxylic acids is 1. The molecule has 0 fully saturated rings. The molecule has 1 aromatic carbocycles. The van der Waals surface area contributed by atoms with Gasteiger partial charge in [0.05, 0.1) is 13.0 Å². The standard InChI is InChI=1S/C13H14O3/c1-3-11-6-4-5-7-12(11)10(2)16-9-8-13(14)15/h3-7H,1-2,8-9H2,(H,14,15). The van der Waals surface area contributed by atoms with E-state index < -0.39 is 5.97 Å². The molecular formula is C13H14O3. The van der Waals surface area contributed by atoms with E-state index in [9.17, 15) is 4.79 Å². The van der Waals surface area contributed by atoms with Crippen LogP contribution in [0.3, 0.4) is 0 Å².